The Balaban J connectivity index is 1.55. The summed E-state index contributed by atoms with van der Waals surface area (Å²) in [6.07, 6.45) is 6.57. The van der Waals surface area contributed by atoms with E-state index in [-0.39, 0.29) is 15.5 Å². The highest BCUT2D eigenvalue weighted by Gasteiger charge is 2.20. The lowest BCUT2D eigenvalue weighted by atomic mass is 10.1. The molecule has 2 heterocycles. The molecule has 37 heavy (non-hydrogen) atoms. The van der Waals surface area contributed by atoms with Crippen LogP contribution in [0.4, 0.5) is 5.69 Å². The highest BCUT2D eigenvalue weighted by atomic mass is 35.5. The minimum absolute atomic E-state index is 0.0654. The number of amides is 2. The third kappa shape index (κ3) is 5.89. The Bertz CT molecular complexity index is 1620. The van der Waals surface area contributed by atoms with E-state index in [2.05, 4.69) is 10.3 Å². The number of pyridine rings is 1. The van der Waals surface area contributed by atoms with Gasteiger partial charge in [0.2, 0.25) is 0 Å². The molecule has 0 aliphatic rings. The third-order valence-corrected chi connectivity index (χ3v) is 7.43. The van der Waals surface area contributed by atoms with Gasteiger partial charge in [0.05, 0.1) is 26.2 Å². The summed E-state index contributed by atoms with van der Waals surface area (Å²) in [5.41, 5.74) is 3.63. The van der Waals surface area contributed by atoms with E-state index < -0.39 is 21.8 Å². The van der Waals surface area contributed by atoms with Gasteiger partial charge < -0.3 is 5.32 Å². The van der Waals surface area contributed by atoms with Crippen LogP contribution >= 0.6 is 23.2 Å². The zero-order valence-electron chi connectivity index (χ0n) is 18.8. The Hall–Kier alpha value is -3.96. The second-order valence-corrected chi connectivity index (χ2v) is 10.3. The molecule has 12 heteroatoms. The second-order valence-electron chi connectivity index (χ2n) is 7.59. The zero-order valence-corrected chi connectivity index (χ0v) is 21.1. The van der Waals surface area contributed by atoms with Crippen LogP contribution in [-0.2, 0) is 14.8 Å². The molecule has 0 radical (unpaired) electrons. The Labute approximate surface area is 222 Å². The maximum absolute atomic E-state index is 13.0. The van der Waals surface area contributed by atoms with Crippen LogP contribution in [0, 0.1) is 0 Å². The van der Waals surface area contributed by atoms with E-state index >= 15 is 0 Å². The van der Waals surface area contributed by atoms with Crippen LogP contribution in [0.1, 0.15) is 15.9 Å². The summed E-state index contributed by atoms with van der Waals surface area (Å²) in [6.45, 7) is 0. The highest BCUT2D eigenvalue weighted by Crippen LogP contribution is 2.30. The quantitative estimate of drug-likeness (QED) is 0.169. The van der Waals surface area contributed by atoms with Gasteiger partial charge in [-0.2, -0.15) is 0 Å². The average Bonchev–Trinajstić information content (AvgIpc) is 3.39. The fraction of sp³-hybridized carbons (Fsp3) is 0. The van der Waals surface area contributed by atoms with Crippen molar-refractivity contribution in [3.05, 3.63) is 107 Å². The van der Waals surface area contributed by atoms with E-state index in [4.69, 9.17) is 28.4 Å². The van der Waals surface area contributed by atoms with Gasteiger partial charge in [-0.25, -0.2) is 17.9 Å². The number of hydroxylamine groups is 1. The largest absolute Gasteiger partial charge is 0.322 e. The molecule has 0 aliphatic heterocycles. The standard InChI is InChI=1S/C25H18Cl2N4O5S/c26-21-8-5-17(13-20(21)23-3-1-2-11-28-23)29-25(33)19-7-6-18(14-22(19)27)37(35,36)31-12-10-16(15-31)4-9-24(32)30-34/h1-15,34H,(H,29,33)(H,30,32)/b9-4+. The molecule has 0 fully saturated rings. The second kappa shape index (κ2) is 11.0. The summed E-state index contributed by atoms with van der Waals surface area (Å²) < 4.78 is 27.0. The van der Waals surface area contributed by atoms with Gasteiger partial charge in [0, 0.05) is 35.9 Å². The van der Waals surface area contributed by atoms with Gasteiger partial charge in [-0.05, 0) is 66.2 Å². The molecule has 2 aromatic carbocycles. The average molecular weight is 557 g/mol. The lowest BCUT2D eigenvalue weighted by molar-refractivity contribution is -0.124. The molecular formula is C25H18Cl2N4O5S. The Morgan fingerprint density at radius 1 is 1.00 bits per heavy atom. The van der Waals surface area contributed by atoms with Crippen LogP contribution in [-0.4, -0.2) is 34.4 Å². The van der Waals surface area contributed by atoms with Gasteiger partial charge in [-0.1, -0.05) is 29.3 Å². The first-order valence-electron chi connectivity index (χ1n) is 10.6. The first-order valence-corrected chi connectivity index (χ1v) is 12.8. The Kier molecular flexibility index (Phi) is 7.74. The van der Waals surface area contributed by atoms with Crippen molar-refractivity contribution in [1.82, 2.24) is 14.4 Å². The van der Waals surface area contributed by atoms with E-state index in [1.165, 1.54) is 48.2 Å². The number of hydrogen-bond donors (Lipinski definition) is 3. The number of carbonyl (C=O) groups is 2. The van der Waals surface area contributed by atoms with Crippen molar-refractivity contribution in [3.63, 3.8) is 0 Å². The molecule has 2 aromatic heterocycles. The molecule has 0 spiro atoms. The minimum Gasteiger partial charge on any atom is -0.322 e. The van der Waals surface area contributed by atoms with Crippen LogP contribution < -0.4 is 10.8 Å². The van der Waals surface area contributed by atoms with Crippen LogP contribution in [0.25, 0.3) is 17.3 Å². The molecule has 0 bridgehead atoms. The number of benzene rings is 2. The van der Waals surface area contributed by atoms with Crippen molar-refractivity contribution in [2.75, 3.05) is 5.32 Å². The van der Waals surface area contributed by atoms with E-state index in [1.807, 2.05) is 6.07 Å². The SMILES string of the molecule is O=C(/C=C/c1ccn(S(=O)(=O)c2ccc(C(=O)Nc3ccc(Cl)c(-c4ccccn4)c3)c(Cl)c2)c1)NO. The number of aromatic nitrogens is 2. The van der Waals surface area contributed by atoms with E-state index in [0.717, 1.165) is 10.0 Å². The van der Waals surface area contributed by atoms with Gasteiger partial charge in [-0.3, -0.25) is 19.8 Å². The summed E-state index contributed by atoms with van der Waals surface area (Å²) in [7, 11) is -4.03. The van der Waals surface area contributed by atoms with Crippen molar-refractivity contribution in [1.29, 1.82) is 0 Å². The molecule has 0 atom stereocenters. The topological polar surface area (TPSA) is 130 Å². The van der Waals surface area contributed by atoms with Gasteiger partial charge >= 0.3 is 0 Å². The lowest BCUT2D eigenvalue weighted by Crippen LogP contribution is -2.15. The monoisotopic (exact) mass is 556 g/mol. The first kappa shape index (κ1) is 26.1. The van der Waals surface area contributed by atoms with Crippen molar-refractivity contribution < 1.29 is 23.2 Å². The summed E-state index contributed by atoms with van der Waals surface area (Å²) in [5, 5.41) is 11.7. The molecule has 4 aromatic rings. The Morgan fingerprint density at radius 3 is 2.51 bits per heavy atom. The summed E-state index contributed by atoms with van der Waals surface area (Å²) in [6, 6.07) is 15.6. The molecule has 0 saturated carbocycles. The molecule has 9 nitrogen and oxygen atoms in total. The van der Waals surface area contributed by atoms with Crippen molar-refractivity contribution in [3.8, 4) is 11.3 Å². The van der Waals surface area contributed by atoms with Crippen molar-refractivity contribution >= 4 is 56.8 Å². The smallest absolute Gasteiger partial charge is 0.267 e. The van der Waals surface area contributed by atoms with Crippen molar-refractivity contribution in [2.24, 2.45) is 0 Å². The molecule has 0 unspecified atom stereocenters. The molecule has 2 amide bonds. The van der Waals surface area contributed by atoms with Crippen LogP contribution in [0.3, 0.4) is 0 Å². The molecule has 4 rings (SSSR count). The van der Waals surface area contributed by atoms with Crippen LogP contribution in [0.15, 0.2) is 90.2 Å². The van der Waals surface area contributed by atoms with Gasteiger partial charge in [0.25, 0.3) is 21.8 Å². The molecule has 3 N–H and O–H groups in total. The minimum atomic E-state index is -4.03. The number of nitrogens with zero attached hydrogens (tertiary/aromatic N) is 2. The maximum Gasteiger partial charge on any atom is 0.267 e. The summed E-state index contributed by atoms with van der Waals surface area (Å²) in [5.74, 6) is -1.30. The predicted octanol–water partition coefficient (Wildman–Crippen LogP) is 4.86. The van der Waals surface area contributed by atoms with Crippen LogP contribution in [0.2, 0.25) is 10.0 Å². The van der Waals surface area contributed by atoms with Gasteiger partial charge in [0.15, 0.2) is 0 Å². The Morgan fingerprint density at radius 2 is 1.81 bits per heavy atom. The molecule has 188 valence electrons. The fourth-order valence-electron chi connectivity index (χ4n) is 3.33. The van der Waals surface area contributed by atoms with Crippen LogP contribution in [0.5, 0.6) is 0 Å². The lowest BCUT2D eigenvalue weighted by Gasteiger charge is -2.11. The van der Waals surface area contributed by atoms with Crippen molar-refractivity contribution in [2.45, 2.75) is 4.90 Å². The fourth-order valence-corrected chi connectivity index (χ4v) is 5.11. The van der Waals surface area contributed by atoms with E-state index in [0.29, 0.717) is 27.5 Å². The van der Waals surface area contributed by atoms with Gasteiger partial charge in [0.1, 0.15) is 0 Å². The number of rotatable bonds is 7. The maximum atomic E-state index is 13.0. The molecular weight excluding hydrogens is 539 g/mol. The van der Waals surface area contributed by atoms with E-state index in [9.17, 15) is 18.0 Å². The van der Waals surface area contributed by atoms with Gasteiger partial charge in [-0.15, -0.1) is 0 Å². The summed E-state index contributed by atoms with van der Waals surface area (Å²) >= 11 is 12.6. The predicted molar refractivity (Wildman–Crippen MR) is 140 cm³/mol. The number of anilines is 1. The first-order chi connectivity index (χ1) is 17.7. The third-order valence-electron chi connectivity index (χ3n) is 5.15. The molecule has 0 aliphatic carbocycles. The normalized spacial score (nSPS) is 11.4. The zero-order chi connectivity index (χ0) is 26.6. The number of halogens is 2. The summed E-state index contributed by atoms with van der Waals surface area (Å²) in [4.78, 5) is 28.1. The number of nitrogens with one attached hydrogen (secondary N) is 2. The number of carbonyl (C=O) groups excluding carboxylic acids is 2. The number of hydrogen-bond acceptors (Lipinski definition) is 6. The highest BCUT2D eigenvalue weighted by molar-refractivity contribution is 7.90. The van der Waals surface area contributed by atoms with E-state index in [1.54, 1.807) is 36.5 Å². The molecule has 0 saturated heterocycles.